The Hall–Kier alpha value is -3.56. The Bertz CT molecular complexity index is 1520. The van der Waals surface area contributed by atoms with E-state index in [0.717, 1.165) is 37.7 Å². The van der Waals surface area contributed by atoms with E-state index in [0.29, 0.717) is 52.6 Å². The van der Waals surface area contributed by atoms with Gasteiger partial charge in [0.1, 0.15) is 5.58 Å². The smallest absolute Gasteiger partial charge is 0.242 e. The highest BCUT2D eigenvalue weighted by Gasteiger charge is 2.27. The summed E-state index contributed by atoms with van der Waals surface area (Å²) in [4.78, 5) is 44.2. The van der Waals surface area contributed by atoms with Crippen LogP contribution in [0.3, 0.4) is 0 Å². The molecule has 45 heavy (non-hydrogen) atoms. The van der Waals surface area contributed by atoms with E-state index in [1.807, 2.05) is 18.2 Å². The molecule has 0 N–H and O–H groups in total. The predicted molar refractivity (Wildman–Crippen MR) is 172 cm³/mol. The van der Waals surface area contributed by atoms with Gasteiger partial charge in [0.25, 0.3) is 0 Å². The van der Waals surface area contributed by atoms with E-state index >= 15 is 0 Å². The Labute approximate surface area is 269 Å². The van der Waals surface area contributed by atoms with E-state index < -0.39 is 0 Å². The highest BCUT2D eigenvalue weighted by atomic mass is 35.5. The summed E-state index contributed by atoms with van der Waals surface area (Å²) in [5.74, 6) is 0.923. The molecule has 10 heteroatoms. The number of ether oxygens (including phenoxy) is 3. The van der Waals surface area contributed by atoms with Gasteiger partial charge in [0.15, 0.2) is 16.9 Å². The topological polar surface area (TPSA) is 98.5 Å². The van der Waals surface area contributed by atoms with E-state index in [1.165, 1.54) is 31.9 Å². The van der Waals surface area contributed by atoms with Crippen LogP contribution in [0.5, 0.6) is 11.5 Å². The Balaban J connectivity index is 1.33. The number of halogens is 1. The second-order valence-corrected chi connectivity index (χ2v) is 12.4. The lowest BCUT2D eigenvalue weighted by Gasteiger charge is -2.29. The quantitative estimate of drug-likeness (QED) is 0.158. The molecule has 3 heterocycles. The number of unbranched alkanes of at least 4 members (excludes halogenated alkanes) is 6. The molecule has 0 radical (unpaired) electrons. The van der Waals surface area contributed by atoms with Crippen molar-refractivity contribution in [2.24, 2.45) is 0 Å². The van der Waals surface area contributed by atoms with E-state index in [9.17, 15) is 14.4 Å². The van der Waals surface area contributed by atoms with E-state index in [2.05, 4.69) is 6.92 Å². The van der Waals surface area contributed by atoms with Crippen LogP contribution in [0, 0.1) is 0 Å². The highest BCUT2D eigenvalue weighted by Crippen LogP contribution is 2.33. The molecule has 1 saturated heterocycles. The van der Waals surface area contributed by atoms with Crippen LogP contribution in [0.4, 0.5) is 0 Å². The number of hydrogen-bond acceptors (Lipinski definition) is 7. The summed E-state index contributed by atoms with van der Waals surface area (Å²) in [6.07, 6.45) is 11.3. The second kappa shape index (κ2) is 16.1. The molecule has 2 amide bonds. The Morgan fingerprint density at radius 2 is 1.71 bits per heavy atom. The van der Waals surface area contributed by atoms with Gasteiger partial charge in [-0.05, 0) is 55.2 Å². The van der Waals surface area contributed by atoms with Gasteiger partial charge in [-0.15, -0.1) is 0 Å². The zero-order valence-corrected chi connectivity index (χ0v) is 26.8. The molecule has 1 atom stereocenters. The predicted octanol–water partition coefficient (Wildman–Crippen LogP) is 6.85. The van der Waals surface area contributed by atoms with Crippen LogP contribution in [-0.2, 0) is 27.4 Å². The van der Waals surface area contributed by atoms with Crippen LogP contribution in [0.15, 0.2) is 51.9 Å². The van der Waals surface area contributed by atoms with Crippen molar-refractivity contribution in [1.29, 1.82) is 0 Å². The van der Waals surface area contributed by atoms with Crippen LogP contribution in [0.1, 0.15) is 82.3 Å². The first-order valence-corrected chi connectivity index (χ1v) is 16.5. The molecule has 0 saturated carbocycles. The van der Waals surface area contributed by atoms with Crippen molar-refractivity contribution >= 4 is 34.4 Å². The number of nitrogens with zero attached hydrogens (tertiary/aromatic N) is 2. The number of hydrogen-bond donors (Lipinski definition) is 0. The van der Waals surface area contributed by atoms with Gasteiger partial charge >= 0.3 is 0 Å². The van der Waals surface area contributed by atoms with Crippen molar-refractivity contribution in [3.05, 3.63) is 69.0 Å². The number of benzene rings is 2. The summed E-state index contributed by atoms with van der Waals surface area (Å²) in [6.45, 7) is 3.46. The summed E-state index contributed by atoms with van der Waals surface area (Å²) in [5, 5.41) is 0.768. The fraction of sp³-hybridized carbons (Fsp3) is 0.514. The third-order valence-electron chi connectivity index (χ3n) is 8.45. The first-order valence-electron chi connectivity index (χ1n) is 16.2. The van der Waals surface area contributed by atoms with Gasteiger partial charge < -0.3 is 28.4 Å². The van der Waals surface area contributed by atoms with Crippen LogP contribution in [0.25, 0.3) is 11.0 Å². The van der Waals surface area contributed by atoms with Gasteiger partial charge in [-0.1, -0.05) is 63.1 Å². The van der Waals surface area contributed by atoms with Gasteiger partial charge in [0.2, 0.25) is 18.6 Å². The molecule has 1 fully saturated rings. The minimum absolute atomic E-state index is 0.00220. The average molecular weight is 639 g/mol. The highest BCUT2D eigenvalue weighted by molar-refractivity contribution is 6.31. The average Bonchev–Trinajstić information content (AvgIpc) is 3.73. The number of amides is 2. The third kappa shape index (κ3) is 9.01. The first kappa shape index (κ1) is 32.8. The first-order chi connectivity index (χ1) is 21.9. The molecular weight excluding hydrogens is 596 g/mol. The summed E-state index contributed by atoms with van der Waals surface area (Å²) < 4.78 is 22.6. The van der Waals surface area contributed by atoms with Crippen LogP contribution < -0.4 is 14.9 Å². The zero-order chi connectivity index (χ0) is 31.6. The van der Waals surface area contributed by atoms with Gasteiger partial charge in [-0.3, -0.25) is 14.4 Å². The molecule has 242 valence electrons. The van der Waals surface area contributed by atoms with E-state index in [4.69, 9.17) is 30.2 Å². The molecule has 0 aliphatic carbocycles. The normalized spacial score (nSPS) is 15.5. The van der Waals surface area contributed by atoms with Crippen molar-refractivity contribution < 1.29 is 28.2 Å². The molecule has 5 rings (SSSR count). The molecule has 0 bridgehead atoms. The van der Waals surface area contributed by atoms with Crippen molar-refractivity contribution in [2.45, 2.75) is 90.3 Å². The van der Waals surface area contributed by atoms with Crippen molar-refractivity contribution in [1.82, 2.24) is 9.80 Å². The maximum absolute atomic E-state index is 14.1. The number of carbonyl (C=O) groups excluding carboxylic acids is 2. The standard InChI is InChI=1S/C35H43ClN2O7/c1-2-3-4-5-6-7-8-11-33(39)38(21-28-10-9-16-42-28)22-34(40)37(19-25-12-14-31-32(17-25)45-24-44-31)20-26-23-43-30-15-13-27(36)18-29(30)35(26)41/h12-15,17-18,23,28H,2-11,16,19-22,24H2,1H3/t28-/m1/s1. The fourth-order valence-corrected chi connectivity index (χ4v) is 6.07. The van der Waals surface area contributed by atoms with Crippen LogP contribution in [-0.4, -0.2) is 54.2 Å². The van der Waals surface area contributed by atoms with Crippen LogP contribution in [0.2, 0.25) is 5.02 Å². The number of rotatable bonds is 16. The third-order valence-corrected chi connectivity index (χ3v) is 8.69. The van der Waals surface area contributed by atoms with Gasteiger partial charge in [0, 0.05) is 31.1 Å². The maximum atomic E-state index is 14.1. The molecule has 1 aromatic heterocycles. The number of carbonyl (C=O) groups is 2. The maximum Gasteiger partial charge on any atom is 0.242 e. The molecule has 3 aromatic rings. The Morgan fingerprint density at radius 1 is 0.911 bits per heavy atom. The molecule has 2 aromatic carbocycles. The van der Waals surface area contributed by atoms with Crippen molar-refractivity contribution in [3.8, 4) is 11.5 Å². The number of fused-ring (bicyclic) bond motifs is 2. The lowest BCUT2D eigenvalue weighted by molar-refractivity contribution is -0.142. The SMILES string of the molecule is CCCCCCCCCC(=O)N(CC(=O)N(Cc1ccc2c(c1)OCO2)Cc1coc2ccc(Cl)cc2c1=O)C[C@H]1CCCO1. The molecule has 2 aliphatic rings. The van der Waals surface area contributed by atoms with E-state index in [-0.39, 0.29) is 49.8 Å². The molecule has 0 unspecified atom stereocenters. The van der Waals surface area contributed by atoms with Gasteiger partial charge in [-0.2, -0.15) is 0 Å². The summed E-state index contributed by atoms with van der Waals surface area (Å²) >= 11 is 6.17. The summed E-state index contributed by atoms with van der Waals surface area (Å²) in [6, 6.07) is 10.4. The van der Waals surface area contributed by atoms with Gasteiger partial charge in [-0.25, -0.2) is 0 Å². The van der Waals surface area contributed by atoms with Crippen molar-refractivity contribution in [3.63, 3.8) is 0 Å². The molecule has 2 aliphatic heterocycles. The lowest BCUT2D eigenvalue weighted by atomic mass is 10.1. The minimum atomic E-state index is -0.274. The Kier molecular flexibility index (Phi) is 11.8. The summed E-state index contributed by atoms with van der Waals surface area (Å²) in [5.41, 5.74) is 1.29. The lowest BCUT2D eigenvalue weighted by Crippen LogP contribution is -2.45. The van der Waals surface area contributed by atoms with Crippen LogP contribution >= 0.6 is 11.6 Å². The largest absolute Gasteiger partial charge is 0.464 e. The zero-order valence-electron chi connectivity index (χ0n) is 26.1. The monoisotopic (exact) mass is 638 g/mol. The summed E-state index contributed by atoms with van der Waals surface area (Å²) in [7, 11) is 0. The minimum Gasteiger partial charge on any atom is -0.464 e. The molecule has 0 spiro atoms. The molecule has 9 nitrogen and oxygen atoms in total. The fourth-order valence-electron chi connectivity index (χ4n) is 5.89. The van der Waals surface area contributed by atoms with Crippen molar-refractivity contribution in [2.75, 3.05) is 26.5 Å². The molecular formula is C35H43ClN2O7. The second-order valence-electron chi connectivity index (χ2n) is 11.9. The van der Waals surface area contributed by atoms with E-state index in [1.54, 1.807) is 28.0 Å². The Morgan fingerprint density at radius 3 is 2.51 bits per heavy atom. The van der Waals surface area contributed by atoms with Gasteiger partial charge in [0.05, 0.1) is 36.4 Å².